The molecule has 2 atom stereocenters. The van der Waals surface area contributed by atoms with Crippen LogP contribution >= 0.6 is 23.4 Å². The summed E-state index contributed by atoms with van der Waals surface area (Å²) >= 11 is 7.45. The molecule has 1 aromatic heterocycles. The molecule has 3 aromatic rings. The first-order valence-corrected chi connectivity index (χ1v) is 10.2. The molecule has 2 aromatic carbocycles. The second-order valence-corrected chi connectivity index (χ2v) is 8.41. The molecule has 2 unspecified atom stereocenters. The van der Waals surface area contributed by atoms with Gasteiger partial charge in [-0.2, -0.15) is 0 Å². The molecule has 4 rings (SSSR count). The van der Waals surface area contributed by atoms with Gasteiger partial charge in [0.05, 0.1) is 6.04 Å². The second-order valence-electron chi connectivity index (χ2n) is 6.87. The van der Waals surface area contributed by atoms with Gasteiger partial charge in [-0.1, -0.05) is 53.2 Å². The maximum atomic E-state index is 13.2. The van der Waals surface area contributed by atoms with Crippen molar-refractivity contribution in [1.82, 2.24) is 14.9 Å². The molecule has 0 saturated carbocycles. The highest BCUT2D eigenvalue weighted by Gasteiger charge is 2.37. The van der Waals surface area contributed by atoms with Crippen molar-refractivity contribution in [2.24, 2.45) is 0 Å². The van der Waals surface area contributed by atoms with Crippen LogP contribution in [0, 0.1) is 20.8 Å². The molecule has 1 aliphatic heterocycles. The summed E-state index contributed by atoms with van der Waals surface area (Å²) in [6, 6.07) is 13.3. The number of carbonyl (C=O) groups excluding carboxylic acids is 1. The van der Waals surface area contributed by atoms with Gasteiger partial charge < -0.3 is 10.7 Å². The van der Waals surface area contributed by atoms with Crippen LogP contribution in [0.3, 0.4) is 0 Å². The minimum Gasteiger partial charge on any atom is -0.325 e. The van der Waals surface area contributed by atoms with E-state index in [4.69, 9.17) is 11.6 Å². The number of thioether (sulfide) groups is 1. The van der Waals surface area contributed by atoms with E-state index in [-0.39, 0.29) is 11.9 Å². The van der Waals surface area contributed by atoms with E-state index in [1.807, 2.05) is 61.8 Å². The predicted octanol–water partition coefficient (Wildman–Crippen LogP) is 4.25. The zero-order valence-corrected chi connectivity index (χ0v) is 17.3. The van der Waals surface area contributed by atoms with Crippen molar-refractivity contribution in [2.75, 3.05) is 10.7 Å². The largest absolute Gasteiger partial charge is 0.325 e. The normalized spacial score (nSPS) is 18.3. The molecule has 28 heavy (non-hydrogen) atoms. The fourth-order valence-corrected chi connectivity index (χ4v) is 4.49. The van der Waals surface area contributed by atoms with Crippen LogP contribution in [-0.4, -0.2) is 26.0 Å². The lowest BCUT2D eigenvalue weighted by Crippen LogP contribution is -2.41. The third kappa shape index (κ3) is 3.59. The Bertz CT molecular complexity index is 1030. The molecular formula is C20H20ClN5OS. The Balaban J connectivity index is 1.67. The molecule has 2 heterocycles. The summed E-state index contributed by atoms with van der Waals surface area (Å²) in [5.74, 6) is 0.658. The van der Waals surface area contributed by atoms with Crippen molar-refractivity contribution >= 4 is 35.0 Å². The van der Waals surface area contributed by atoms with Crippen molar-refractivity contribution in [3.05, 3.63) is 70.0 Å². The maximum Gasteiger partial charge on any atom is 0.240 e. The summed E-state index contributed by atoms with van der Waals surface area (Å²) in [7, 11) is 0. The fourth-order valence-electron chi connectivity index (χ4n) is 3.24. The van der Waals surface area contributed by atoms with Gasteiger partial charge in [-0.3, -0.25) is 4.79 Å². The van der Waals surface area contributed by atoms with Crippen LogP contribution in [0.1, 0.15) is 28.6 Å². The van der Waals surface area contributed by atoms with E-state index < -0.39 is 5.25 Å². The van der Waals surface area contributed by atoms with Crippen molar-refractivity contribution in [3.8, 4) is 0 Å². The van der Waals surface area contributed by atoms with E-state index >= 15 is 0 Å². The van der Waals surface area contributed by atoms with Crippen LogP contribution in [0.4, 0.5) is 5.69 Å². The van der Waals surface area contributed by atoms with Gasteiger partial charge >= 0.3 is 0 Å². The standard InChI is InChI=1S/C20H20ClN5OS/c1-11-4-9-16(12(2)10-11)22-19(27)18-17(14-5-7-15(21)8-6-14)25-26-13(3)23-24-20(26)28-18/h4-10,17-18,25H,1-3H3,(H,22,27). The van der Waals surface area contributed by atoms with E-state index in [2.05, 4.69) is 27.0 Å². The molecule has 0 fully saturated rings. The SMILES string of the molecule is Cc1ccc(NC(=O)C2Sc3nnc(C)n3NC2c2ccc(Cl)cc2)c(C)c1. The van der Waals surface area contributed by atoms with Crippen molar-refractivity contribution in [2.45, 2.75) is 37.2 Å². The molecule has 6 nitrogen and oxygen atoms in total. The van der Waals surface area contributed by atoms with E-state index in [9.17, 15) is 4.79 Å². The number of benzene rings is 2. The van der Waals surface area contributed by atoms with Gasteiger partial charge in [0, 0.05) is 10.7 Å². The van der Waals surface area contributed by atoms with Crippen LogP contribution in [-0.2, 0) is 4.79 Å². The number of hydrogen-bond acceptors (Lipinski definition) is 5. The number of aromatic nitrogens is 3. The Morgan fingerprint density at radius 2 is 1.89 bits per heavy atom. The lowest BCUT2D eigenvalue weighted by Gasteiger charge is -2.32. The highest BCUT2D eigenvalue weighted by atomic mass is 35.5. The summed E-state index contributed by atoms with van der Waals surface area (Å²) < 4.78 is 1.82. The fraction of sp³-hybridized carbons (Fsp3) is 0.250. The van der Waals surface area contributed by atoms with Crippen molar-refractivity contribution in [1.29, 1.82) is 0 Å². The van der Waals surface area contributed by atoms with E-state index in [0.717, 1.165) is 28.2 Å². The van der Waals surface area contributed by atoms with Crippen LogP contribution in [0.5, 0.6) is 0 Å². The van der Waals surface area contributed by atoms with Gasteiger partial charge in [-0.25, -0.2) is 4.68 Å². The Hall–Kier alpha value is -2.51. The number of carbonyl (C=O) groups is 1. The van der Waals surface area contributed by atoms with Crippen molar-refractivity contribution in [3.63, 3.8) is 0 Å². The molecule has 1 amide bonds. The average molecular weight is 414 g/mol. The molecule has 0 saturated heterocycles. The first kappa shape index (κ1) is 18.8. The quantitative estimate of drug-likeness (QED) is 0.671. The minimum atomic E-state index is -0.419. The Morgan fingerprint density at radius 1 is 1.14 bits per heavy atom. The average Bonchev–Trinajstić information content (AvgIpc) is 3.04. The zero-order valence-electron chi connectivity index (χ0n) is 15.7. The number of anilines is 1. The number of nitrogens with zero attached hydrogens (tertiary/aromatic N) is 3. The summed E-state index contributed by atoms with van der Waals surface area (Å²) in [6.07, 6.45) is 0. The number of amides is 1. The molecule has 0 radical (unpaired) electrons. The number of hydrogen-bond donors (Lipinski definition) is 2. The maximum absolute atomic E-state index is 13.2. The van der Waals surface area contributed by atoms with Gasteiger partial charge in [0.15, 0.2) is 0 Å². The van der Waals surface area contributed by atoms with Crippen LogP contribution in [0.15, 0.2) is 47.6 Å². The first-order valence-electron chi connectivity index (χ1n) is 8.91. The molecule has 2 N–H and O–H groups in total. The monoisotopic (exact) mass is 413 g/mol. The van der Waals surface area contributed by atoms with Gasteiger partial charge in [0.2, 0.25) is 11.1 Å². The Morgan fingerprint density at radius 3 is 2.61 bits per heavy atom. The summed E-state index contributed by atoms with van der Waals surface area (Å²) in [5.41, 5.74) is 7.36. The first-order chi connectivity index (χ1) is 13.4. The smallest absolute Gasteiger partial charge is 0.240 e. The van der Waals surface area contributed by atoms with E-state index in [1.54, 1.807) is 0 Å². The molecular weight excluding hydrogens is 394 g/mol. The van der Waals surface area contributed by atoms with Crippen LogP contribution in [0.25, 0.3) is 0 Å². The third-order valence-electron chi connectivity index (χ3n) is 4.73. The highest BCUT2D eigenvalue weighted by Crippen LogP contribution is 2.37. The Labute approximate surface area is 172 Å². The number of halogens is 1. The number of fused-ring (bicyclic) bond motifs is 1. The minimum absolute atomic E-state index is 0.0868. The molecule has 0 bridgehead atoms. The van der Waals surface area contributed by atoms with Crippen LogP contribution < -0.4 is 10.7 Å². The molecule has 144 valence electrons. The molecule has 1 aliphatic rings. The van der Waals surface area contributed by atoms with E-state index in [0.29, 0.717) is 10.2 Å². The number of rotatable bonds is 3. The van der Waals surface area contributed by atoms with Gasteiger partial charge in [0.1, 0.15) is 11.1 Å². The van der Waals surface area contributed by atoms with E-state index in [1.165, 1.54) is 11.8 Å². The van der Waals surface area contributed by atoms with Crippen molar-refractivity contribution < 1.29 is 4.79 Å². The summed E-state index contributed by atoms with van der Waals surface area (Å²) in [4.78, 5) is 13.2. The number of nitrogens with one attached hydrogen (secondary N) is 2. The van der Waals surface area contributed by atoms with Crippen LogP contribution in [0.2, 0.25) is 5.02 Å². The summed E-state index contributed by atoms with van der Waals surface area (Å²) in [6.45, 7) is 5.90. The topological polar surface area (TPSA) is 71.8 Å². The molecule has 0 spiro atoms. The second kappa shape index (κ2) is 7.48. The molecule has 8 heteroatoms. The lowest BCUT2D eigenvalue weighted by molar-refractivity contribution is -0.116. The number of aryl methyl sites for hydroxylation is 3. The van der Waals surface area contributed by atoms with Gasteiger partial charge in [-0.15, -0.1) is 10.2 Å². The predicted molar refractivity (Wildman–Crippen MR) is 113 cm³/mol. The summed E-state index contributed by atoms with van der Waals surface area (Å²) in [5, 5.41) is 12.3. The highest BCUT2D eigenvalue weighted by molar-refractivity contribution is 8.00. The third-order valence-corrected chi connectivity index (χ3v) is 6.19. The van der Waals surface area contributed by atoms with Gasteiger partial charge in [-0.05, 0) is 50.1 Å². The molecule has 0 aliphatic carbocycles. The lowest BCUT2D eigenvalue weighted by atomic mass is 10.0. The Kier molecular flexibility index (Phi) is 5.03. The zero-order chi connectivity index (χ0) is 19.8. The van der Waals surface area contributed by atoms with Gasteiger partial charge in [0.25, 0.3) is 0 Å².